The Hall–Kier alpha value is 0.430. The molecule has 0 heterocycles. The van der Waals surface area contributed by atoms with E-state index in [1.165, 1.54) is 38.5 Å². The summed E-state index contributed by atoms with van der Waals surface area (Å²) in [6.45, 7) is 5.12. The van der Waals surface area contributed by atoms with Crippen LogP contribution in [0.15, 0.2) is 9.66 Å². The fraction of sp³-hybridized carbons (Fsp3) is 0.895. The van der Waals surface area contributed by atoms with Crippen LogP contribution < -0.4 is 0 Å². The molecular weight excluding hydrogens is 371 g/mol. The Balaban J connectivity index is 1.63. The molecule has 0 saturated heterocycles. The molecule has 0 aliphatic heterocycles. The minimum absolute atomic E-state index is 0.0115. The number of fused-ring (bicyclic) bond motifs is 5. The maximum atomic E-state index is 10.1. The van der Waals surface area contributed by atoms with E-state index in [0.717, 1.165) is 36.5 Å². The molecule has 0 bridgehead atoms. The maximum Gasteiger partial charge on any atom is 0.0543 e. The van der Waals surface area contributed by atoms with E-state index in [4.69, 9.17) is 0 Å². The zero-order chi connectivity index (χ0) is 14.8. The van der Waals surface area contributed by atoms with Gasteiger partial charge in [0.1, 0.15) is 0 Å². The van der Waals surface area contributed by atoms with Gasteiger partial charge in [-0.1, -0.05) is 19.9 Å². The van der Waals surface area contributed by atoms with E-state index in [-0.39, 0.29) is 6.10 Å². The average molecular weight is 400 g/mol. The Bertz CT molecular complexity index is 472. The van der Waals surface area contributed by atoms with Crippen molar-refractivity contribution >= 4 is 22.6 Å². The van der Waals surface area contributed by atoms with E-state index in [0.29, 0.717) is 10.8 Å². The number of aliphatic hydroxyl groups is 1. The molecule has 1 nitrogen and oxygen atoms in total. The molecule has 4 aliphatic carbocycles. The Kier molecular flexibility index (Phi) is 3.54. The van der Waals surface area contributed by atoms with Crippen molar-refractivity contribution in [3.05, 3.63) is 9.66 Å². The highest BCUT2D eigenvalue weighted by Crippen LogP contribution is 2.66. The molecule has 2 heteroatoms. The smallest absolute Gasteiger partial charge is 0.0543 e. The van der Waals surface area contributed by atoms with Gasteiger partial charge in [0, 0.05) is 5.41 Å². The van der Waals surface area contributed by atoms with E-state index in [1.807, 2.05) is 0 Å². The zero-order valence-electron chi connectivity index (χ0n) is 13.4. The molecule has 1 N–H and O–H groups in total. The van der Waals surface area contributed by atoms with Gasteiger partial charge in [0.2, 0.25) is 0 Å². The van der Waals surface area contributed by atoms with Crippen molar-refractivity contribution in [2.24, 2.45) is 34.5 Å². The standard InChI is InChI=1S/C19H29IO/c1-18-9-7-13(21)11-12(18)3-4-14-15-5-6-17(20)19(15,2)10-8-16(14)18/h6,12-16,21H,3-5,7-11H2,1-2H3/t12-,13-,14-,15-,16-,18-,19-/m0/s1. The molecule has 4 rings (SSSR count). The van der Waals surface area contributed by atoms with Crippen LogP contribution in [0.4, 0.5) is 0 Å². The van der Waals surface area contributed by atoms with Crippen LogP contribution in [0.1, 0.15) is 65.2 Å². The summed E-state index contributed by atoms with van der Waals surface area (Å²) < 4.78 is 1.65. The predicted octanol–water partition coefficient (Wildman–Crippen LogP) is 5.32. The quantitative estimate of drug-likeness (QED) is 0.546. The Morgan fingerprint density at radius 3 is 2.71 bits per heavy atom. The molecule has 4 aliphatic rings. The molecule has 0 radical (unpaired) electrons. The van der Waals surface area contributed by atoms with Crippen LogP contribution in [0.3, 0.4) is 0 Å². The third kappa shape index (κ3) is 2.03. The number of rotatable bonds is 0. The number of hydrogen-bond donors (Lipinski definition) is 1. The van der Waals surface area contributed by atoms with Gasteiger partial charge in [-0.05, 0) is 107 Å². The van der Waals surface area contributed by atoms with Gasteiger partial charge >= 0.3 is 0 Å². The summed E-state index contributed by atoms with van der Waals surface area (Å²) in [6, 6.07) is 0. The third-order valence-electron chi connectivity index (χ3n) is 8.12. The lowest BCUT2D eigenvalue weighted by Crippen LogP contribution is -2.53. The van der Waals surface area contributed by atoms with E-state index in [2.05, 4.69) is 42.5 Å². The predicted molar refractivity (Wildman–Crippen MR) is 95.2 cm³/mol. The molecule has 21 heavy (non-hydrogen) atoms. The van der Waals surface area contributed by atoms with Gasteiger partial charge in [-0.15, -0.1) is 0 Å². The Labute approximate surface area is 143 Å². The van der Waals surface area contributed by atoms with Gasteiger partial charge in [0.25, 0.3) is 0 Å². The highest BCUT2D eigenvalue weighted by molar-refractivity contribution is 14.1. The molecule has 118 valence electrons. The van der Waals surface area contributed by atoms with Crippen molar-refractivity contribution in [1.29, 1.82) is 0 Å². The first-order chi connectivity index (χ1) is 9.95. The summed E-state index contributed by atoms with van der Waals surface area (Å²) in [4.78, 5) is 0. The molecule has 0 aromatic heterocycles. The number of hydrogen-bond acceptors (Lipinski definition) is 1. The normalized spacial score (nSPS) is 56.2. The van der Waals surface area contributed by atoms with Gasteiger partial charge in [-0.25, -0.2) is 0 Å². The van der Waals surface area contributed by atoms with Crippen molar-refractivity contribution in [3.8, 4) is 0 Å². The van der Waals surface area contributed by atoms with Gasteiger partial charge in [0.05, 0.1) is 6.10 Å². The lowest BCUT2D eigenvalue weighted by Gasteiger charge is -2.60. The second kappa shape index (κ2) is 4.96. The first-order valence-corrected chi connectivity index (χ1v) is 10.1. The van der Waals surface area contributed by atoms with Crippen molar-refractivity contribution in [2.75, 3.05) is 0 Å². The zero-order valence-corrected chi connectivity index (χ0v) is 15.6. The second-order valence-electron chi connectivity index (χ2n) is 8.83. The van der Waals surface area contributed by atoms with Crippen LogP contribution in [-0.2, 0) is 0 Å². The van der Waals surface area contributed by atoms with Crippen LogP contribution in [0.25, 0.3) is 0 Å². The molecule has 3 saturated carbocycles. The van der Waals surface area contributed by atoms with Gasteiger partial charge in [-0.2, -0.15) is 0 Å². The van der Waals surface area contributed by atoms with Crippen molar-refractivity contribution in [1.82, 2.24) is 0 Å². The summed E-state index contributed by atoms with van der Waals surface area (Å²) in [6.07, 6.45) is 12.9. The molecule has 0 aromatic rings. The first-order valence-electron chi connectivity index (χ1n) is 8.99. The number of allylic oxidation sites excluding steroid dienone is 2. The first kappa shape index (κ1) is 15.0. The molecule has 0 aromatic carbocycles. The number of halogens is 1. The highest BCUT2D eigenvalue weighted by Gasteiger charge is 2.58. The fourth-order valence-electron chi connectivity index (χ4n) is 6.75. The molecule has 3 fully saturated rings. The van der Waals surface area contributed by atoms with Crippen molar-refractivity contribution < 1.29 is 5.11 Å². The van der Waals surface area contributed by atoms with Gasteiger partial charge < -0.3 is 5.11 Å². The molecule has 0 unspecified atom stereocenters. The summed E-state index contributed by atoms with van der Waals surface area (Å²) in [7, 11) is 0. The topological polar surface area (TPSA) is 20.2 Å². The summed E-state index contributed by atoms with van der Waals surface area (Å²) >= 11 is 2.62. The van der Waals surface area contributed by atoms with Crippen LogP contribution in [0, 0.1) is 34.5 Å². The van der Waals surface area contributed by atoms with Crippen molar-refractivity contribution in [2.45, 2.75) is 71.3 Å². The Morgan fingerprint density at radius 2 is 1.90 bits per heavy atom. The SMILES string of the molecule is C[C@]12CC[C@H](O)C[C@@H]1CC[C@@H]1[C@@H]2CC[C@]2(C)C(I)=CC[C@@H]12. The van der Waals surface area contributed by atoms with Crippen LogP contribution in [0.2, 0.25) is 0 Å². The van der Waals surface area contributed by atoms with Crippen LogP contribution in [-0.4, -0.2) is 11.2 Å². The summed E-state index contributed by atoms with van der Waals surface area (Å²) in [5.74, 6) is 3.58. The van der Waals surface area contributed by atoms with E-state index in [9.17, 15) is 5.11 Å². The average Bonchev–Trinajstić information content (AvgIpc) is 2.76. The molecule has 7 atom stereocenters. The minimum Gasteiger partial charge on any atom is -0.393 e. The van der Waals surface area contributed by atoms with Crippen molar-refractivity contribution in [3.63, 3.8) is 0 Å². The van der Waals surface area contributed by atoms with E-state index in [1.54, 1.807) is 3.58 Å². The van der Waals surface area contributed by atoms with Gasteiger partial charge in [-0.3, -0.25) is 0 Å². The fourth-order valence-corrected chi connectivity index (χ4v) is 7.67. The van der Waals surface area contributed by atoms with Crippen LogP contribution >= 0.6 is 22.6 Å². The monoisotopic (exact) mass is 400 g/mol. The molecular formula is C19H29IO. The summed E-state index contributed by atoms with van der Waals surface area (Å²) in [5, 5.41) is 10.1. The largest absolute Gasteiger partial charge is 0.393 e. The number of aliphatic hydroxyl groups excluding tert-OH is 1. The molecule has 0 amide bonds. The highest BCUT2D eigenvalue weighted by atomic mass is 127. The summed E-state index contributed by atoms with van der Waals surface area (Å²) in [5.41, 5.74) is 1.02. The lowest BCUT2D eigenvalue weighted by molar-refractivity contribution is -0.116. The minimum atomic E-state index is -0.0115. The molecule has 0 spiro atoms. The lowest BCUT2D eigenvalue weighted by atomic mass is 9.45. The van der Waals surface area contributed by atoms with Gasteiger partial charge in [0.15, 0.2) is 0 Å². The second-order valence-corrected chi connectivity index (χ2v) is 9.99. The maximum absolute atomic E-state index is 10.1. The third-order valence-corrected chi connectivity index (χ3v) is 9.80. The van der Waals surface area contributed by atoms with E-state index < -0.39 is 0 Å². The Morgan fingerprint density at radius 1 is 1.10 bits per heavy atom. The van der Waals surface area contributed by atoms with E-state index >= 15 is 0 Å². The van der Waals surface area contributed by atoms with Crippen LogP contribution in [0.5, 0.6) is 0 Å².